The van der Waals surface area contributed by atoms with Gasteiger partial charge in [-0.3, -0.25) is 4.79 Å². The zero-order valence-electron chi connectivity index (χ0n) is 11.1. The van der Waals surface area contributed by atoms with Gasteiger partial charge < -0.3 is 15.8 Å². The van der Waals surface area contributed by atoms with E-state index in [1.807, 2.05) is 26.0 Å². The van der Waals surface area contributed by atoms with Crippen molar-refractivity contribution in [1.82, 2.24) is 10.3 Å². The van der Waals surface area contributed by atoms with Crippen LogP contribution in [0.5, 0.6) is 5.88 Å². The van der Waals surface area contributed by atoms with Crippen LogP contribution in [0.25, 0.3) is 0 Å². The molecule has 0 radical (unpaired) electrons. The van der Waals surface area contributed by atoms with E-state index in [9.17, 15) is 4.79 Å². The van der Waals surface area contributed by atoms with Crippen molar-refractivity contribution in [2.75, 3.05) is 6.54 Å². The molecule has 18 heavy (non-hydrogen) atoms. The van der Waals surface area contributed by atoms with Gasteiger partial charge >= 0.3 is 0 Å². The van der Waals surface area contributed by atoms with E-state index >= 15 is 0 Å². The molecule has 5 heteroatoms. The van der Waals surface area contributed by atoms with Crippen molar-refractivity contribution in [3.63, 3.8) is 0 Å². The summed E-state index contributed by atoms with van der Waals surface area (Å²) in [5.41, 5.74) is 6.30. The van der Waals surface area contributed by atoms with Crippen LogP contribution in [0.4, 0.5) is 0 Å². The highest BCUT2D eigenvalue weighted by molar-refractivity contribution is 5.78. The molecule has 1 unspecified atom stereocenters. The largest absolute Gasteiger partial charge is 0.475 e. The smallest absolute Gasteiger partial charge is 0.224 e. The lowest BCUT2D eigenvalue weighted by Gasteiger charge is -2.14. The van der Waals surface area contributed by atoms with Crippen LogP contribution in [0.15, 0.2) is 18.3 Å². The maximum absolute atomic E-state index is 11.6. The predicted molar refractivity (Wildman–Crippen MR) is 70.1 cm³/mol. The Kier molecular flexibility index (Phi) is 5.58. The zero-order valence-corrected chi connectivity index (χ0v) is 11.1. The minimum absolute atomic E-state index is 0.0531. The van der Waals surface area contributed by atoms with Gasteiger partial charge in [0.25, 0.3) is 0 Å². The summed E-state index contributed by atoms with van der Waals surface area (Å²) in [5, 5.41) is 2.82. The maximum Gasteiger partial charge on any atom is 0.224 e. The van der Waals surface area contributed by atoms with Crippen molar-refractivity contribution in [3.05, 3.63) is 23.9 Å². The Hall–Kier alpha value is -1.62. The molecule has 0 aromatic carbocycles. The van der Waals surface area contributed by atoms with Gasteiger partial charge in [0, 0.05) is 30.8 Å². The Bertz CT molecular complexity index is 394. The first kappa shape index (κ1) is 14.4. The van der Waals surface area contributed by atoms with Crippen LogP contribution in [-0.2, 0) is 11.3 Å². The first-order chi connectivity index (χ1) is 8.54. The maximum atomic E-state index is 11.6. The van der Waals surface area contributed by atoms with Crippen LogP contribution in [0.2, 0.25) is 0 Å². The number of carbonyl (C=O) groups is 1. The molecular formula is C13H21N3O2. The van der Waals surface area contributed by atoms with Gasteiger partial charge in [0.2, 0.25) is 11.8 Å². The van der Waals surface area contributed by atoms with Crippen LogP contribution in [0.3, 0.4) is 0 Å². The Morgan fingerprint density at radius 1 is 1.50 bits per heavy atom. The lowest BCUT2D eigenvalue weighted by molar-refractivity contribution is -0.124. The highest BCUT2D eigenvalue weighted by atomic mass is 16.5. The third-order valence-corrected chi connectivity index (χ3v) is 2.45. The number of amides is 1. The van der Waals surface area contributed by atoms with Gasteiger partial charge in [0.15, 0.2) is 0 Å². The minimum atomic E-state index is -0.184. The van der Waals surface area contributed by atoms with E-state index in [2.05, 4.69) is 10.3 Å². The van der Waals surface area contributed by atoms with Gasteiger partial charge in [-0.15, -0.1) is 0 Å². The van der Waals surface area contributed by atoms with Crippen LogP contribution in [-0.4, -0.2) is 23.5 Å². The van der Waals surface area contributed by atoms with Crippen LogP contribution < -0.4 is 15.8 Å². The second kappa shape index (κ2) is 6.96. The molecule has 1 atom stereocenters. The fourth-order valence-electron chi connectivity index (χ4n) is 1.35. The molecule has 0 aliphatic carbocycles. The highest BCUT2D eigenvalue weighted by Gasteiger charge is 2.12. The number of nitrogens with zero attached hydrogens (tertiary/aromatic N) is 1. The summed E-state index contributed by atoms with van der Waals surface area (Å²) in [6, 6.07) is 3.71. The molecule has 1 aromatic heterocycles. The van der Waals surface area contributed by atoms with Crippen LogP contribution in [0, 0.1) is 5.92 Å². The van der Waals surface area contributed by atoms with Gasteiger partial charge in [-0.1, -0.05) is 13.0 Å². The van der Waals surface area contributed by atoms with E-state index < -0.39 is 0 Å². The Balaban J connectivity index is 2.64. The first-order valence-corrected chi connectivity index (χ1v) is 6.13. The average molecular weight is 251 g/mol. The number of rotatable bonds is 6. The van der Waals surface area contributed by atoms with E-state index in [-0.39, 0.29) is 17.9 Å². The number of nitrogens with one attached hydrogen (secondary N) is 1. The molecule has 1 rings (SSSR count). The van der Waals surface area contributed by atoms with E-state index in [1.165, 1.54) is 0 Å². The number of aromatic nitrogens is 1. The van der Waals surface area contributed by atoms with Crippen molar-refractivity contribution < 1.29 is 9.53 Å². The summed E-state index contributed by atoms with van der Waals surface area (Å²) < 4.78 is 5.58. The zero-order chi connectivity index (χ0) is 13.5. The number of hydrogen-bond donors (Lipinski definition) is 2. The molecule has 0 saturated carbocycles. The van der Waals surface area contributed by atoms with Crippen LogP contribution in [0.1, 0.15) is 26.3 Å². The number of nitrogens with two attached hydrogens (primary N) is 1. The van der Waals surface area contributed by atoms with E-state index in [4.69, 9.17) is 10.5 Å². The summed E-state index contributed by atoms with van der Waals surface area (Å²) in [7, 11) is 0. The normalized spacial score (nSPS) is 12.3. The number of hydrogen-bond acceptors (Lipinski definition) is 4. The van der Waals surface area contributed by atoms with Crippen molar-refractivity contribution >= 4 is 5.91 Å². The third-order valence-electron chi connectivity index (χ3n) is 2.45. The third kappa shape index (κ3) is 4.33. The molecule has 100 valence electrons. The molecule has 1 heterocycles. The van der Waals surface area contributed by atoms with Crippen LogP contribution >= 0.6 is 0 Å². The number of pyridine rings is 1. The fourth-order valence-corrected chi connectivity index (χ4v) is 1.35. The van der Waals surface area contributed by atoms with Gasteiger partial charge in [0.1, 0.15) is 0 Å². The van der Waals surface area contributed by atoms with Crippen molar-refractivity contribution in [3.8, 4) is 5.88 Å². The van der Waals surface area contributed by atoms with Gasteiger partial charge in [-0.05, 0) is 19.9 Å². The van der Waals surface area contributed by atoms with Gasteiger partial charge in [-0.2, -0.15) is 0 Å². The molecule has 0 aliphatic rings. The fraction of sp³-hybridized carbons (Fsp3) is 0.538. The Labute approximate surface area is 108 Å². The van der Waals surface area contributed by atoms with Crippen molar-refractivity contribution in [2.24, 2.45) is 11.7 Å². The van der Waals surface area contributed by atoms with Crippen molar-refractivity contribution in [1.29, 1.82) is 0 Å². The average Bonchev–Trinajstić information content (AvgIpc) is 2.35. The van der Waals surface area contributed by atoms with Gasteiger partial charge in [0.05, 0.1) is 6.10 Å². The summed E-state index contributed by atoms with van der Waals surface area (Å²) in [5.74, 6) is 0.321. The minimum Gasteiger partial charge on any atom is -0.475 e. The number of carbonyl (C=O) groups excluding carboxylic acids is 1. The molecular weight excluding hydrogens is 230 g/mol. The lowest BCUT2D eigenvalue weighted by Crippen LogP contribution is -2.33. The summed E-state index contributed by atoms with van der Waals surface area (Å²) >= 11 is 0. The highest BCUT2D eigenvalue weighted by Crippen LogP contribution is 2.15. The van der Waals surface area contributed by atoms with E-state index in [1.54, 1.807) is 13.1 Å². The summed E-state index contributed by atoms with van der Waals surface area (Å²) in [6.45, 7) is 6.42. The molecule has 0 spiro atoms. The Morgan fingerprint density at radius 2 is 2.22 bits per heavy atom. The molecule has 1 amide bonds. The quantitative estimate of drug-likeness (QED) is 0.793. The standard InChI is InChI=1S/C13H21N3O2/c1-9(2)18-13-11(5-4-6-15-13)8-16-12(17)10(3)7-14/h4-6,9-10H,7-8,14H2,1-3H3,(H,16,17). The second-order valence-electron chi connectivity index (χ2n) is 4.49. The predicted octanol–water partition coefficient (Wildman–Crippen LogP) is 1.08. The first-order valence-electron chi connectivity index (χ1n) is 6.13. The molecule has 1 aromatic rings. The Morgan fingerprint density at radius 3 is 2.83 bits per heavy atom. The monoisotopic (exact) mass is 251 g/mol. The van der Waals surface area contributed by atoms with E-state index in [0.29, 0.717) is 19.0 Å². The molecule has 0 aliphatic heterocycles. The SMILES string of the molecule is CC(C)Oc1ncccc1CNC(=O)C(C)CN. The number of ether oxygens (including phenoxy) is 1. The molecule has 0 fully saturated rings. The summed E-state index contributed by atoms with van der Waals surface area (Å²) in [6.07, 6.45) is 1.73. The van der Waals surface area contributed by atoms with Crippen molar-refractivity contribution in [2.45, 2.75) is 33.4 Å². The topological polar surface area (TPSA) is 77.2 Å². The molecule has 3 N–H and O–H groups in total. The lowest BCUT2D eigenvalue weighted by atomic mass is 10.1. The summed E-state index contributed by atoms with van der Waals surface area (Å²) in [4.78, 5) is 15.8. The molecule has 0 bridgehead atoms. The molecule has 5 nitrogen and oxygen atoms in total. The molecule has 0 saturated heterocycles. The van der Waals surface area contributed by atoms with E-state index in [0.717, 1.165) is 5.56 Å². The van der Waals surface area contributed by atoms with Gasteiger partial charge in [-0.25, -0.2) is 4.98 Å². The second-order valence-corrected chi connectivity index (χ2v) is 4.49.